The average molecular weight is 622 g/mol. The van der Waals surface area contributed by atoms with Gasteiger partial charge in [-0.25, -0.2) is 21.1 Å². The SMILES string of the molecule is Cc1ccc(S(=O)(=O)N(Cc2ccc(-c3cccc(S(=O)(=O)CC(=O)O)c3)cc2)C(=O)c2ccc(C(F)(F)F)o2)cc1. The number of sulfone groups is 1. The maximum absolute atomic E-state index is 13.5. The summed E-state index contributed by atoms with van der Waals surface area (Å²) in [6, 6.07) is 18.4. The van der Waals surface area contributed by atoms with Gasteiger partial charge < -0.3 is 9.52 Å². The summed E-state index contributed by atoms with van der Waals surface area (Å²) >= 11 is 0. The molecule has 0 saturated carbocycles. The van der Waals surface area contributed by atoms with Gasteiger partial charge in [0.1, 0.15) is 0 Å². The lowest BCUT2D eigenvalue weighted by molar-refractivity contribution is -0.153. The first-order valence-corrected chi connectivity index (χ1v) is 15.1. The van der Waals surface area contributed by atoms with Crippen LogP contribution in [0.25, 0.3) is 11.1 Å². The van der Waals surface area contributed by atoms with Crippen LogP contribution in [0.1, 0.15) is 27.4 Å². The minimum atomic E-state index is -4.89. The quantitative estimate of drug-likeness (QED) is 0.270. The second kappa shape index (κ2) is 11.4. The van der Waals surface area contributed by atoms with Gasteiger partial charge in [-0.15, -0.1) is 0 Å². The van der Waals surface area contributed by atoms with Crippen molar-refractivity contribution in [3.05, 3.63) is 108 Å². The molecule has 4 aromatic rings. The first-order valence-electron chi connectivity index (χ1n) is 12.0. The van der Waals surface area contributed by atoms with Gasteiger partial charge in [0.05, 0.1) is 16.3 Å². The third-order valence-electron chi connectivity index (χ3n) is 6.05. The fourth-order valence-corrected chi connectivity index (χ4v) is 6.36. The monoisotopic (exact) mass is 621 g/mol. The Hall–Kier alpha value is -4.43. The number of carboxylic acid groups (broad SMARTS) is 1. The van der Waals surface area contributed by atoms with Gasteiger partial charge >= 0.3 is 18.1 Å². The van der Waals surface area contributed by atoms with Crippen molar-refractivity contribution in [2.75, 3.05) is 5.75 Å². The van der Waals surface area contributed by atoms with Crippen LogP contribution in [0.5, 0.6) is 0 Å². The van der Waals surface area contributed by atoms with Gasteiger partial charge in [-0.3, -0.25) is 9.59 Å². The molecule has 4 rings (SSSR count). The highest BCUT2D eigenvalue weighted by Crippen LogP contribution is 2.32. The molecule has 3 aromatic carbocycles. The third-order valence-corrected chi connectivity index (χ3v) is 9.39. The summed E-state index contributed by atoms with van der Waals surface area (Å²) in [7, 11) is -8.65. The standard InChI is InChI=1S/C28H22F3NO8S2/c1-18-5-11-22(12-6-18)42(38,39)32(27(35)24-13-14-25(40-24)28(29,30)31)16-19-7-9-20(10-8-19)21-3-2-4-23(15-21)41(36,37)17-26(33)34/h2-15H,16-17H2,1H3,(H,33,34). The van der Waals surface area contributed by atoms with E-state index in [1.54, 1.807) is 13.0 Å². The van der Waals surface area contributed by atoms with E-state index in [0.717, 1.165) is 11.6 Å². The lowest BCUT2D eigenvalue weighted by Gasteiger charge is -2.22. The second-order valence-corrected chi connectivity index (χ2v) is 13.0. The van der Waals surface area contributed by atoms with E-state index < -0.39 is 61.7 Å². The molecule has 0 saturated heterocycles. The maximum atomic E-state index is 13.5. The van der Waals surface area contributed by atoms with Crippen molar-refractivity contribution < 1.29 is 49.1 Å². The number of benzene rings is 3. The van der Waals surface area contributed by atoms with Crippen molar-refractivity contribution in [3.63, 3.8) is 0 Å². The third kappa shape index (κ3) is 6.71. The van der Waals surface area contributed by atoms with Gasteiger partial charge in [0.25, 0.3) is 10.0 Å². The summed E-state index contributed by atoms with van der Waals surface area (Å²) < 4.78 is 95.9. The molecule has 14 heteroatoms. The van der Waals surface area contributed by atoms with Crippen LogP contribution < -0.4 is 0 Å². The lowest BCUT2D eigenvalue weighted by Crippen LogP contribution is -2.36. The van der Waals surface area contributed by atoms with Crippen LogP contribution in [0.3, 0.4) is 0 Å². The molecule has 0 atom stereocenters. The molecule has 0 aliphatic rings. The summed E-state index contributed by atoms with van der Waals surface area (Å²) in [5.74, 6) is -6.20. The second-order valence-electron chi connectivity index (χ2n) is 9.17. The maximum Gasteiger partial charge on any atom is 0.449 e. The molecule has 0 aliphatic heterocycles. The molecule has 1 amide bonds. The number of carbonyl (C=O) groups is 2. The topological polar surface area (TPSA) is 139 Å². The zero-order valence-corrected chi connectivity index (χ0v) is 23.3. The average Bonchev–Trinajstić information content (AvgIpc) is 3.43. The molecule has 220 valence electrons. The number of hydrogen-bond acceptors (Lipinski definition) is 7. The summed E-state index contributed by atoms with van der Waals surface area (Å²) in [5.41, 5.74) is 1.93. The van der Waals surface area contributed by atoms with Crippen molar-refractivity contribution in [1.82, 2.24) is 4.31 Å². The number of amides is 1. The van der Waals surface area contributed by atoms with Gasteiger partial charge in [0, 0.05) is 0 Å². The van der Waals surface area contributed by atoms with Gasteiger partial charge in [0.2, 0.25) is 5.76 Å². The Balaban J connectivity index is 1.68. The van der Waals surface area contributed by atoms with Gasteiger partial charge in [-0.2, -0.15) is 13.2 Å². The molecule has 1 aromatic heterocycles. The van der Waals surface area contributed by atoms with Crippen molar-refractivity contribution in [2.45, 2.75) is 29.4 Å². The minimum Gasteiger partial charge on any atom is -0.480 e. The number of hydrogen-bond donors (Lipinski definition) is 1. The van der Waals surface area contributed by atoms with E-state index in [1.807, 2.05) is 0 Å². The highest BCUT2D eigenvalue weighted by Gasteiger charge is 2.38. The number of furan rings is 1. The van der Waals surface area contributed by atoms with Crippen LogP contribution in [0.4, 0.5) is 13.2 Å². The molecular formula is C28H22F3NO8S2. The van der Waals surface area contributed by atoms with E-state index in [-0.39, 0.29) is 15.4 Å². The van der Waals surface area contributed by atoms with Crippen molar-refractivity contribution in [3.8, 4) is 11.1 Å². The number of aliphatic carboxylic acids is 1. The molecule has 1 N–H and O–H groups in total. The molecule has 0 radical (unpaired) electrons. The summed E-state index contributed by atoms with van der Waals surface area (Å²) in [6.45, 7) is 1.16. The molecule has 0 aliphatic carbocycles. The fraction of sp³-hybridized carbons (Fsp3) is 0.143. The Morgan fingerprint density at radius 1 is 0.833 bits per heavy atom. The number of sulfonamides is 1. The fourth-order valence-electron chi connectivity index (χ4n) is 3.91. The van der Waals surface area contributed by atoms with E-state index in [2.05, 4.69) is 4.42 Å². The van der Waals surface area contributed by atoms with Crippen LogP contribution in [0.2, 0.25) is 0 Å². The highest BCUT2D eigenvalue weighted by atomic mass is 32.2. The molecule has 1 heterocycles. The molecule has 0 spiro atoms. The number of rotatable bonds is 9. The van der Waals surface area contributed by atoms with Crippen molar-refractivity contribution in [1.29, 1.82) is 0 Å². The largest absolute Gasteiger partial charge is 0.480 e. The van der Waals surface area contributed by atoms with Crippen molar-refractivity contribution in [2.24, 2.45) is 0 Å². The van der Waals surface area contributed by atoms with Crippen LogP contribution in [-0.2, 0) is 37.4 Å². The predicted octanol–water partition coefficient (Wildman–Crippen LogP) is 5.16. The lowest BCUT2D eigenvalue weighted by atomic mass is 10.0. The Morgan fingerprint density at radius 2 is 1.48 bits per heavy atom. The minimum absolute atomic E-state index is 0.205. The molecular weight excluding hydrogens is 599 g/mol. The summed E-state index contributed by atoms with van der Waals surface area (Å²) in [4.78, 5) is 23.7. The Labute approximate surface area is 238 Å². The molecule has 0 unspecified atom stereocenters. The summed E-state index contributed by atoms with van der Waals surface area (Å²) in [5, 5.41) is 8.88. The summed E-state index contributed by atoms with van der Waals surface area (Å²) in [6.07, 6.45) is -4.89. The Bertz CT molecular complexity index is 1850. The molecule has 0 fully saturated rings. The molecule has 0 bridgehead atoms. The molecule has 42 heavy (non-hydrogen) atoms. The van der Waals surface area contributed by atoms with Crippen LogP contribution in [0.15, 0.2) is 99.1 Å². The van der Waals surface area contributed by atoms with E-state index in [1.165, 1.54) is 66.7 Å². The predicted molar refractivity (Wildman–Crippen MR) is 144 cm³/mol. The van der Waals surface area contributed by atoms with Gasteiger partial charge in [-0.05, 0) is 60.0 Å². The van der Waals surface area contributed by atoms with Crippen LogP contribution in [-0.4, -0.2) is 43.9 Å². The number of carbonyl (C=O) groups excluding carboxylic acids is 1. The number of aryl methyl sites for hydroxylation is 1. The number of alkyl halides is 3. The van der Waals surface area contributed by atoms with Gasteiger partial charge in [-0.1, -0.05) is 54.1 Å². The van der Waals surface area contributed by atoms with E-state index in [0.29, 0.717) is 21.5 Å². The van der Waals surface area contributed by atoms with E-state index in [4.69, 9.17) is 5.11 Å². The zero-order chi connectivity index (χ0) is 30.9. The Kier molecular flexibility index (Phi) is 8.32. The number of halogens is 3. The van der Waals surface area contributed by atoms with E-state index >= 15 is 0 Å². The van der Waals surface area contributed by atoms with Gasteiger partial charge in [0.15, 0.2) is 21.4 Å². The van der Waals surface area contributed by atoms with E-state index in [9.17, 15) is 39.6 Å². The number of carboxylic acids is 1. The number of nitrogens with zero attached hydrogens (tertiary/aromatic N) is 1. The molecule has 9 nitrogen and oxygen atoms in total. The normalized spacial score (nSPS) is 12.2. The highest BCUT2D eigenvalue weighted by molar-refractivity contribution is 7.92. The smallest absolute Gasteiger partial charge is 0.449 e. The zero-order valence-electron chi connectivity index (χ0n) is 21.7. The van der Waals surface area contributed by atoms with Crippen LogP contribution in [0, 0.1) is 6.92 Å². The van der Waals surface area contributed by atoms with Crippen molar-refractivity contribution >= 4 is 31.7 Å². The first-order chi connectivity index (χ1) is 19.6. The van der Waals surface area contributed by atoms with Crippen LogP contribution >= 0.6 is 0 Å². The Morgan fingerprint density at radius 3 is 2.05 bits per heavy atom. The first kappa shape index (κ1) is 30.5.